The van der Waals surface area contributed by atoms with Crippen molar-refractivity contribution in [3.05, 3.63) is 0 Å². The maximum Gasteiger partial charge on any atom is 0.158 e. The van der Waals surface area contributed by atoms with Crippen LogP contribution >= 0.6 is 0 Å². The molecule has 94 valence electrons. The van der Waals surface area contributed by atoms with E-state index in [9.17, 15) is 0 Å². The minimum absolute atomic E-state index is 0.00430. The molecule has 2 aliphatic heterocycles. The molecule has 2 N–H and O–H groups in total. The summed E-state index contributed by atoms with van der Waals surface area (Å²) in [5, 5.41) is 0. The summed E-state index contributed by atoms with van der Waals surface area (Å²) in [5.74, 6) is 0.732. The van der Waals surface area contributed by atoms with Crippen molar-refractivity contribution in [2.45, 2.75) is 38.6 Å². The number of rotatable bonds is 4. The standard InChI is InChI=1S/C12H24N2O2/c1-2-14-5-3-4-10(8-14)6-12-15-9-11(7-13)16-12/h10-12H,2-9,13H2,1H3. The van der Waals surface area contributed by atoms with Crippen LogP contribution in [0.15, 0.2) is 0 Å². The summed E-state index contributed by atoms with van der Waals surface area (Å²) >= 11 is 0. The van der Waals surface area contributed by atoms with Gasteiger partial charge in [0.15, 0.2) is 6.29 Å². The van der Waals surface area contributed by atoms with Crippen LogP contribution in [0.2, 0.25) is 0 Å². The molecule has 4 heteroatoms. The van der Waals surface area contributed by atoms with Crippen molar-refractivity contribution in [1.82, 2.24) is 4.90 Å². The van der Waals surface area contributed by atoms with E-state index >= 15 is 0 Å². The molecule has 3 atom stereocenters. The normalized spacial score (nSPS) is 36.8. The minimum atomic E-state index is -0.00430. The fraction of sp³-hybridized carbons (Fsp3) is 1.00. The molecule has 2 fully saturated rings. The number of nitrogens with zero attached hydrogens (tertiary/aromatic N) is 1. The molecule has 4 nitrogen and oxygen atoms in total. The van der Waals surface area contributed by atoms with E-state index in [-0.39, 0.29) is 12.4 Å². The van der Waals surface area contributed by atoms with Crippen molar-refractivity contribution in [2.24, 2.45) is 11.7 Å². The van der Waals surface area contributed by atoms with Gasteiger partial charge >= 0.3 is 0 Å². The Hall–Kier alpha value is -0.160. The number of nitrogens with two attached hydrogens (primary N) is 1. The lowest BCUT2D eigenvalue weighted by molar-refractivity contribution is -0.0748. The highest BCUT2D eigenvalue weighted by molar-refractivity contribution is 4.75. The van der Waals surface area contributed by atoms with Crippen LogP contribution in [0.3, 0.4) is 0 Å². The summed E-state index contributed by atoms with van der Waals surface area (Å²) in [7, 11) is 0. The van der Waals surface area contributed by atoms with Gasteiger partial charge in [0.2, 0.25) is 0 Å². The van der Waals surface area contributed by atoms with E-state index in [1.165, 1.54) is 25.9 Å². The zero-order valence-corrected chi connectivity index (χ0v) is 10.2. The highest BCUT2D eigenvalue weighted by atomic mass is 16.7. The van der Waals surface area contributed by atoms with Gasteiger partial charge in [0, 0.05) is 19.5 Å². The molecule has 0 amide bonds. The Balaban J connectivity index is 1.73. The quantitative estimate of drug-likeness (QED) is 0.773. The van der Waals surface area contributed by atoms with Gasteiger partial charge in [0.05, 0.1) is 12.7 Å². The lowest BCUT2D eigenvalue weighted by Crippen LogP contribution is -2.36. The van der Waals surface area contributed by atoms with Gasteiger partial charge in [-0.2, -0.15) is 0 Å². The molecule has 2 heterocycles. The Kier molecular flexibility index (Phi) is 4.58. The fourth-order valence-electron chi connectivity index (χ4n) is 2.66. The van der Waals surface area contributed by atoms with E-state index in [2.05, 4.69) is 11.8 Å². The number of ether oxygens (including phenoxy) is 2. The van der Waals surface area contributed by atoms with Crippen LogP contribution in [-0.2, 0) is 9.47 Å². The van der Waals surface area contributed by atoms with Crippen molar-refractivity contribution in [2.75, 3.05) is 32.8 Å². The Bertz CT molecular complexity index is 213. The van der Waals surface area contributed by atoms with E-state index in [0.717, 1.165) is 18.9 Å². The second kappa shape index (κ2) is 5.96. The third kappa shape index (κ3) is 3.17. The smallest absolute Gasteiger partial charge is 0.158 e. The molecule has 2 aliphatic rings. The van der Waals surface area contributed by atoms with Crippen LogP contribution in [-0.4, -0.2) is 50.1 Å². The summed E-state index contributed by atoms with van der Waals surface area (Å²) in [6.45, 7) is 7.09. The van der Waals surface area contributed by atoms with Crippen LogP contribution in [0, 0.1) is 5.92 Å². The maximum absolute atomic E-state index is 5.72. The van der Waals surface area contributed by atoms with Crippen LogP contribution in [0.1, 0.15) is 26.2 Å². The van der Waals surface area contributed by atoms with Gasteiger partial charge in [-0.3, -0.25) is 0 Å². The summed E-state index contributed by atoms with van der Waals surface area (Å²) in [4.78, 5) is 2.52. The van der Waals surface area contributed by atoms with Crippen molar-refractivity contribution in [1.29, 1.82) is 0 Å². The summed E-state index contributed by atoms with van der Waals surface area (Å²) in [6.07, 6.45) is 3.78. The molecule has 2 saturated heterocycles. The molecule has 16 heavy (non-hydrogen) atoms. The van der Waals surface area contributed by atoms with Crippen LogP contribution < -0.4 is 5.73 Å². The summed E-state index contributed by atoms with van der Waals surface area (Å²) < 4.78 is 11.3. The molecule has 0 aromatic heterocycles. The fourth-order valence-corrected chi connectivity index (χ4v) is 2.66. The molecule has 0 spiro atoms. The maximum atomic E-state index is 5.72. The molecular weight excluding hydrogens is 204 g/mol. The van der Waals surface area contributed by atoms with Crippen LogP contribution in [0.25, 0.3) is 0 Å². The highest BCUT2D eigenvalue weighted by Gasteiger charge is 2.29. The monoisotopic (exact) mass is 228 g/mol. The average molecular weight is 228 g/mol. The van der Waals surface area contributed by atoms with Crippen molar-refractivity contribution in [3.8, 4) is 0 Å². The number of hydrogen-bond acceptors (Lipinski definition) is 4. The lowest BCUT2D eigenvalue weighted by atomic mass is 9.94. The number of likely N-dealkylation sites (tertiary alicyclic amines) is 1. The van der Waals surface area contributed by atoms with Crippen molar-refractivity contribution >= 4 is 0 Å². The predicted molar refractivity (Wildman–Crippen MR) is 63.1 cm³/mol. The van der Waals surface area contributed by atoms with Crippen molar-refractivity contribution < 1.29 is 9.47 Å². The average Bonchev–Trinajstić information content (AvgIpc) is 2.77. The highest BCUT2D eigenvalue weighted by Crippen LogP contribution is 2.25. The molecule has 3 unspecified atom stereocenters. The third-order valence-corrected chi connectivity index (χ3v) is 3.65. The largest absolute Gasteiger partial charge is 0.350 e. The van der Waals surface area contributed by atoms with Crippen molar-refractivity contribution in [3.63, 3.8) is 0 Å². The van der Waals surface area contributed by atoms with E-state index in [1.807, 2.05) is 0 Å². The third-order valence-electron chi connectivity index (χ3n) is 3.65. The van der Waals surface area contributed by atoms with E-state index in [1.54, 1.807) is 0 Å². The van der Waals surface area contributed by atoms with E-state index in [4.69, 9.17) is 15.2 Å². The van der Waals surface area contributed by atoms with Crippen LogP contribution in [0.4, 0.5) is 0 Å². The lowest BCUT2D eigenvalue weighted by Gasteiger charge is -2.32. The second-order valence-electron chi connectivity index (χ2n) is 4.89. The molecular formula is C12H24N2O2. The Labute approximate surface area is 98.1 Å². The van der Waals surface area contributed by atoms with Gasteiger partial charge in [0.25, 0.3) is 0 Å². The van der Waals surface area contributed by atoms with Gasteiger partial charge in [-0.1, -0.05) is 6.92 Å². The predicted octanol–water partition coefficient (Wildman–Crippen LogP) is 0.809. The second-order valence-corrected chi connectivity index (χ2v) is 4.89. The molecule has 0 radical (unpaired) electrons. The molecule has 0 aliphatic carbocycles. The number of hydrogen-bond donors (Lipinski definition) is 1. The minimum Gasteiger partial charge on any atom is -0.350 e. The molecule has 0 aromatic rings. The van der Waals surface area contributed by atoms with E-state index in [0.29, 0.717) is 13.2 Å². The Morgan fingerprint density at radius 1 is 1.44 bits per heavy atom. The SMILES string of the molecule is CCN1CCCC(CC2OCC(CN)O2)C1. The first-order valence-electron chi connectivity index (χ1n) is 6.51. The first-order valence-corrected chi connectivity index (χ1v) is 6.51. The van der Waals surface area contributed by atoms with Crippen LogP contribution in [0.5, 0.6) is 0 Å². The zero-order chi connectivity index (χ0) is 11.4. The van der Waals surface area contributed by atoms with Gasteiger partial charge in [0.1, 0.15) is 0 Å². The van der Waals surface area contributed by atoms with Gasteiger partial charge in [-0.05, 0) is 31.8 Å². The Morgan fingerprint density at radius 2 is 2.31 bits per heavy atom. The first kappa shape index (κ1) is 12.3. The zero-order valence-electron chi connectivity index (χ0n) is 10.2. The van der Waals surface area contributed by atoms with Gasteiger partial charge in [-0.25, -0.2) is 0 Å². The molecule has 2 rings (SSSR count). The number of piperidine rings is 1. The summed E-state index contributed by atoms with van der Waals surface area (Å²) in [6, 6.07) is 0. The molecule has 0 saturated carbocycles. The summed E-state index contributed by atoms with van der Waals surface area (Å²) in [5.41, 5.74) is 5.56. The molecule has 0 bridgehead atoms. The topological polar surface area (TPSA) is 47.7 Å². The molecule has 0 aromatic carbocycles. The van der Waals surface area contributed by atoms with Gasteiger partial charge < -0.3 is 20.1 Å². The van der Waals surface area contributed by atoms with E-state index < -0.39 is 0 Å². The van der Waals surface area contributed by atoms with Gasteiger partial charge in [-0.15, -0.1) is 0 Å². The first-order chi connectivity index (χ1) is 7.81. The Morgan fingerprint density at radius 3 is 3.00 bits per heavy atom.